The van der Waals surface area contributed by atoms with Crippen LogP contribution in [0, 0.1) is 21.4 Å². The summed E-state index contributed by atoms with van der Waals surface area (Å²) >= 11 is 0. The monoisotopic (exact) mass is 347 g/mol. The minimum atomic E-state index is -0.535. The normalized spacial score (nSPS) is 10.1. The lowest BCUT2D eigenvalue weighted by Crippen LogP contribution is -2.23. The van der Waals surface area contributed by atoms with Crippen molar-refractivity contribution in [2.75, 3.05) is 0 Å². The zero-order chi connectivity index (χ0) is 18.5. The van der Waals surface area contributed by atoms with E-state index in [0.717, 1.165) is 5.56 Å². The number of nitro groups is 1. The Labute approximate surface area is 148 Å². The molecule has 3 aromatic rings. The van der Waals surface area contributed by atoms with Gasteiger partial charge in [-0.05, 0) is 29.8 Å². The summed E-state index contributed by atoms with van der Waals surface area (Å²) in [5.74, 6) is -0.422. The van der Waals surface area contributed by atoms with Gasteiger partial charge in [-0.25, -0.2) is 4.98 Å². The maximum absolute atomic E-state index is 12.3. The zero-order valence-electron chi connectivity index (χ0n) is 13.5. The van der Waals surface area contributed by atoms with Gasteiger partial charge in [0, 0.05) is 30.6 Å². The number of nitro benzene ring substituents is 1. The fourth-order valence-electron chi connectivity index (χ4n) is 2.41. The number of carbonyl (C=O) groups excluding carboxylic acids is 1. The highest BCUT2D eigenvalue weighted by Gasteiger charge is 2.18. The molecule has 1 aromatic heterocycles. The molecule has 0 unspecified atom stereocenters. The molecule has 2 aromatic carbocycles. The predicted octanol–water partition coefficient (Wildman–Crippen LogP) is 2.58. The highest BCUT2D eigenvalue weighted by molar-refractivity contribution is 5.95. The van der Waals surface area contributed by atoms with E-state index in [1.165, 1.54) is 35.3 Å². The van der Waals surface area contributed by atoms with E-state index in [9.17, 15) is 14.9 Å². The second kappa shape index (κ2) is 7.27. The fourth-order valence-corrected chi connectivity index (χ4v) is 2.41. The Morgan fingerprint density at radius 3 is 2.65 bits per heavy atom. The number of aromatic nitrogens is 2. The van der Waals surface area contributed by atoms with Crippen LogP contribution in [0.3, 0.4) is 0 Å². The lowest BCUT2D eigenvalue weighted by molar-refractivity contribution is -0.384. The molecule has 8 nitrogen and oxygen atoms in total. The average molecular weight is 347 g/mol. The van der Waals surface area contributed by atoms with Gasteiger partial charge < -0.3 is 9.88 Å². The van der Waals surface area contributed by atoms with Crippen LogP contribution in [0.25, 0.3) is 5.69 Å². The van der Waals surface area contributed by atoms with Crippen molar-refractivity contribution >= 4 is 11.6 Å². The van der Waals surface area contributed by atoms with E-state index in [1.54, 1.807) is 30.5 Å². The molecule has 8 heteroatoms. The molecule has 0 saturated heterocycles. The summed E-state index contributed by atoms with van der Waals surface area (Å²) in [5, 5.41) is 22.8. The molecule has 1 amide bonds. The Balaban J connectivity index is 1.78. The van der Waals surface area contributed by atoms with E-state index in [-0.39, 0.29) is 17.8 Å². The van der Waals surface area contributed by atoms with Gasteiger partial charge in [0.15, 0.2) is 0 Å². The molecule has 0 aliphatic rings. The van der Waals surface area contributed by atoms with Gasteiger partial charge in [0.2, 0.25) is 0 Å². The maximum atomic E-state index is 12.3. The largest absolute Gasteiger partial charge is 0.348 e. The van der Waals surface area contributed by atoms with Crippen LogP contribution in [0.2, 0.25) is 0 Å². The molecule has 0 radical (unpaired) electrons. The van der Waals surface area contributed by atoms with Crippen molar-refractivity contribution in [3.8, 4) is 11.8 Å². The summed E-state index contributed by atoms with van der Waals surface area (Å²) < 4.78 is 1.51. The Morgan fingerprint density at radius 2 is 2.04 bits per heavy atom. The van der Waals surface area contributed by atoms with Crippen molar-refractivity contribution in [3.05, 3.63) is 88.0 Å². The molecule has 0 spiro atoms. The summed E-state index contributed by atoms with van der Waals surface area (Å²) in [7, 11) is 0. The minimum absolute atomic E-state index is 0.186. The fraction of sp³-hybridized carbons (Fsp3) is 0.0556. The SMILES string of the molecule is N#Cc1ccc(CNC(=O)c2ccc(-n3ccnc3)c([N+](=O)[O-])c2)cc1. The first kappa shape index (κ1) is 16.9. The van der Waals surface area contributed by atoms with Gasteiger partial charge in [0.05, 0.1) is 22.9 Å². The average Bonchev–Trinajstić information content (AvgIpc) is 3.20. The summed E-state index contributed by atoms with van der Waals surface area (Å²) in [5.41, 5.74) is 1.69. The Kier molecular flexibility index (Phi) is 4.71. The van der Waals surface area contributed by atoms with Crippen LogP contribution in [0.15, 0.2) is 61.2 Å². The lowest BCUT2D eigenvalue weighted by atomic mass is 10.1. The standard InChI is InChI=1S/C18H13N5O3/c19-10-13-1-3-14(4-2-13)11-21-18(24)15-5-6-16(17(9-15)23(25)26)22-8-7-20-12-22/h1-9,12H,11H2,(H,21,24). The van der Waals surface area contributed by atoms with Crippen molar-refractivity contribution in [1.29, 1.82) is 5.26 Å². The zero-order valence-corrected chi connectivity index (χ0v) is 13.5. The van der Waals surface area contributed by atoms with Crippen molar-refractivity contribution in [2.45, 2.75) is 6.54 Å². The number of benzene rings is 2. The number of nitriles is 1. The quantitative estimate of drug-likeness (QED) is 0.563. The number of nitrogens with zero attached hydrogens (tertiary/aromatic N) is 4. The van der Waals surface area contributed by atoms with Gasteiger partial charge >= 0.3 is 0 Å². The van der Waals surface area contributed by atoms with Crippen LogP contribution in [0.5, 0.6) is 0 Å². The number of hydrogen-bond acceptors (Lipinski definition) is 5. The Hall–Kier alpha value is -3.99. The predicted molar refractivity (Wildman–Crippen MR) is 92.5 cm³/mol. The molecule has 1 N–H and O–H groups in total. The number of carbonyl (C=O) groups is 1. The first-order chi connectivity index (χ1) is 12.6. The van der Waals surface area contributed by atoms with Gasteiger partial charge in [0.1, 0.15) is 5.69 Å². The molecular weight excluding hydrogens is 334 g/mol. The summed E-state index contributed by atoms with van der Waals surface area (Å²) in [6, 6.07) is 13.1. The van der Waals surface area contributed by atoms with E-state index in [2.05, 4.69) is 10.3 Å². The molecule has 0 aliphatic carbocycles. The third kappa shape index (κ3) is 3.57. The molecule has 128 valence electrons. The molecule has 0 bridgehead atoms. The van der Waals surface area contributed by atoms with E-state index in [0.29, 0.717) is 11.3 Å². The van der Waals surface area contributed by atoms with Crippen molar-refractivity contribution < 1.29 is 9.72 Å². The highest BCUT2D eigenvalue weighted by atomic mass is 16.6. The summed E-state index contributed by atoms with van der Waals surface area (Å²) in [6.45, 7) is 0.252. The second-order valence-electron chi connectivity index (χ2n) is 5.42. The second-order valence-corrected chi connectivity index (χ2v) is 5.42. The third-order valence-corrected chi connectivity index (χ3v) is 3.75. The minimum Gasteiger partial charge on any atom is -0.348 e. The first-order valence-corrected chi connectivity index (χ1v) is 7.62. The molecule has 0 atom stereocenters. The summed E-state index contributed by atoms with van der Waals surface area (Å²) in [4.78, 5) is 27.0. The van der Waals surface area contributed by atoms with Crippen molar-refractivity contribution in [1.82, 2.24) is 14.9 Å². The number of imidazole rings is 1. The van der Waals surface area contributed by atoms with Gasteiger partial charge in [-0.2, -0.15) is 5.26 Å². The molecule has 3 rings (SSSR count). The number of hydrogen-bond donors (Lipinski definition) is 1. The summed E-state index contributed by atoms with van der Waals surface area (Å²) in [6.07, 6.45) is 4.56. The van der Waals surface area contributed by atoms with Gasteiger partial charge in [-0.15, -0.1) is 0 Å². The van der Waals surface area contributed by atoms with E-state index in [1.807, 2.05) is 6.07 Å². The van der Waals surface area contributed by atoms with Crippen LogP contribution in [0.4, 0.5) is 5.69 Å². The molecule has 0 saturated carbocycles. The molecule has 0 aliphatic heterocycles. The van der Waals surface area contributed by atoms with E-state index < -0.39 is 10.8 Å². The third-order valence-electron chi connectivity index (χ3n) is 3.75. The lowest BCUT2D eigenvalue weighted by Gasteiger charge is -2.08. The Morgan fingerprint density at radius 1 is 1.27 bits per heavy atom. The molecule has 0 fully saturated rings. The van der Waals surface area contributed by atoms with Gasteiger partial charge in [-0.3, -0.25) is 14.9 Å². The molecule has 26 heavy (non-hydrogen) atoms. The molecule has 1 heterocycles. The van der Waals surface area contributed by atoms with Crippen molar-refractivity contribution in [2.24, 2.45) is 0 Å². The number of nitrogens with one attached hydrogen (secondary N) is 1. The van der Waals surface area contributed by atoms with Crippen molar-refractivity contribution in [3.63, 3.8) is 0 Å². The van der Waals surface area contributed by atoms with Crippen LogP contribution < -0.4 is 5.32 Å². The number of rotatable bonds is 5. The maximum Gasteiger partial charge on any atom is 0.294 e. The van der Waals surface area contributed by atoms with E-state index >= 15 is 0 Å². The molecular formula is C18H13N5O3. The van der Waals surface area contributed by atoms with Crippen LogP contribution >= 0.6 is 0 Å². The van der Waals surface area contributed by atoms with Crippen LogP contribution in [-0.4, -0.2) is 20.4 Å². The number of amides is 1. The topological polar surface area (TPSA) is 114 Å². The van der Waals surface area contributed by atoms with Gasteiger partial charge in [0.25, 0.3) is 11.6 Å². The van der Waals surface area contributed by atoms with Gasteiger partial charge in [-0.1, -0.05) is 12.1 Å². The van der Waals surface area contributed by atoms with Crippen LogP contribution in [0.1, 0.15) is 21.5 Å². The highest BCUT2D eigenvalue weighted by Crippen LogP contribution is 2.24. The van der Waals surface area contributed by atoms with E-state index in [4.69, 9.17) is 5.26 Å². The smallest absolute Gasteiger partial charge is 0.294 e. The first-order valence-electron chi connectivity index (χ1n) is 7.62. The Bertz CT molecular complexity index is 989. The van der Waals surface area contributed by atoms with Crippen LogP contribution in [-0.2, 0) is 6.54 Å².